The number of amides is 1. The highest BCUT2D eigenvalue weighted by Gasteiger charge is 2.08. The third-order valence-electron chi connectivity index (χ3n) is 3.20. The standard InChI is InChI=1S/C17H19FN2O/c1-12-7-8-16(18)14(9-12)11-19-15-6-4-5-13(10-15)17(21)20(2)3/h4-10,19H,11H2,1-3H3. The second kappa shape index (κ2) is 6.39. The first kappa shape index (κ1) is 15.0. The molecule has 4 heteroatoms. The van der Waals surface area contributed by atoms with Crippen molar-refractivity contribution < 1.29 is 9.18 Å². The van der Waals surface area contributed by atoms with Crippen LogP contribution in [0.2, 0.25) is 0 Å². The van der Waals surface area contributed by atoms with Gasteiger partial charge in [0.15, 0.2) is 0 Å². The van der Waals surface area contributed by atoms with Gasteiger partial charge in [-0.15, -0.1) is 0 Å². The monoisotopic (exact) mass is 286 g/mol. The van der Waals surface area contributed by atoms with Gasteiger partial charge in [-0.25, -0.2) is 4.39 Å². The molecule has 21 heavy (non-hydrogen) atoms. The molecule has 0 unspecified atom stereocenters. The molecule has 0 aliphatic rings. The van der Waals surface area contributed by atoms with Crippen LogP contribution in [0, 0.1) is 12.7 Å². The summed E-state index contributed by atoms with van der Waals surface area (Å²) in [6, 6.07) is 12.2. The van der Waals surface area contributed by atoms with Crippen molar-refractivity contribution in [2.24, 2.45) is 0 Å². The van der Waals surface area contributed by atoms with Crippen molar-refractivity contribution >= 4 is 11.6 Å². The lowest BCUT2D eigenvalue weighted by molar-refractivity contribution is 0.0827. The Morgan fingerprint density at radius 1 is 1.19 bits per heavy atom. The quantitative estimate of drug-likeness (QED) is 0.933. The minimum absolute atomic E-state index is 0.0552. The molecule has 0 aromatic heterocycles. The van der Waals surface area contributed by atoms with Crippen LogP contribution in [0.5, 0.6) is 0 Å². The fourth-order valence-electron chi connectivity index (χ4n) is 2.06. The summed E-state index contributed by atoms with van der Waals surface area (Å²) in [5, 5.41) is 3.15. The zero-order chi connectivity index (χ0) is 15.4. The van der Waals surface area contributed by atoms with Gasteiger partial charge in [0.2, 0.25) is 0 Å². The van der Waals surface area contributed by atoms with Crippen molar-refractivity contribution in [2.75, 3.05) is 19.4 Å². The Kier molecular flexibility index (Phi) is 4.58. The Morgan fingerprint density at radius 2 is 1.95 bits per heavy atom. The Balaban J connectivity index is 2.12. The highest BCUT2D eigenvalue weighted by molar-refractivity contribution is 5.94. The van der Waals surface area contributed by atoms with Gasteiger partial charge in [-0.05, 0) is 31.2 Å². The normalized spacial score (nSPS) is 10.3. The van der Waals surface area contributed by atoms with Gasteiger partial charge in [-0.3, -0.25) is 4.79 Å². The third kappa shape index (κ3) is 3.81. The van der Waals surface area contributed by atoms with Crippen LogP contribution >= 0.6 is 0 Å². The number of rotatable bonds is 4. The SMILES string of the molecule is Cc1ccc(F)c(CNc2cccc(C(=O)N(C)C)c2)c1. The maximum Gasteiger partial charge on any atom is 0.253 e. The number of nitrogens with one attached hydrogen (secondary N) is 1. The first-order valence-corrected chi connectivity index (χ1v) is 6.78. The van der Waals surface area contributed by atoms with E-state index in [1.54, 1.807) is 32.3 Å². The number of nitrogens with zero attached hydrogens (tertiary/aromatic N) is 1. The maximum atomic E-state index is 13.7. The van der Waals surface area contributed by atoms with Crippen LogP contribution in [-0.2, 0) is 6.54 Å². The largest absolute Gasteiger partial charge is 0.381 e. The number of benzene rings is 2. The van der Waals surface area contributed by atoms with Gasteiger partial charge < -0.3 is 10.2 Å². The molecule has 0 atom stereocenters. The molecular formula is C17H19FN2O. The van der Waals surface area contributed by atoms with Gasteiger partial charge in [-0.1, -0.05) is 23.8 Å². The van der Waals surface area contributed by atoms with Crippen molar-refractivity contribution in [2.45, 2.75) is 13.5 Å². The summed E-state index contributed by atoms with van der Waals surface area (Å²) in [6.45, 7) is 2.31. The number of carbonyl (C=O) groups is 1. The Bertz CT molecular complexity index is 653. The molecule has 110 valence electrons. The average molecular weight is 286 g/mol. The average Bonchev–Trinajstić information content (AvgIpc) is 2.47. The molecule has 0 aliphatic carbocycles. The lowest BCUT2D eigenvalue weighted by Gasteiger charge is -2.12. The van der Waals surface area contributed by atoms with E-state index in [4.69, 9.17) is 0 Å². The Morgan fingerprint density at radius 3 is 2.67 bits per heavy atom. The molecule has 1 amide bonds. The van der Waals surface area contributed by atoms with E-state index in [1.807, 2.05) is 25.1 Å². The molecule has 3 nitrogen and oxygen atoms in total. The maximum absolute atomic E-state index is 13.7. The van der Waals surface area contributed by atoms with E-state index in [9.17, 15) is 9.18 Å². The van der Waals surface area contributed by atoms with E-state index < -0.39 is 0 Å². The van der Waals surface area contributed by atoms with Gasteiger partial charge in [-0.2, -0.15) is 0 Å². The second-order valence-corrected chi connectivity index (χ2v) is 5.23. The molecule has 0 fully saturated rings. The van der Waals surface area contributed by atoms with E-state index >= 15 is 0 Å². The number of carbonyl (C=O) groups excluding carboxylic acids is 1. The molecule has 1 N–H and O–H groups in total. The molecule has 2 rings (SSSR count). The van der Waals surface area contributed by atoms with Crippen LogP contribution in [0.3, 0.4) is 0 Å². The third-order valence-corrected chi connectivity index (χ3v) is 3.20. The molecular weight excluding hydrogens is 267 g/mol. The Hall–Kier alpha value is -2.36. The van der Waals surface area contributed by atoms with E-state index in [0.29, 0.717) is 17.7 Å². The van der Waals surface area contributed by atoms with Crippen molar-refractivity contribution in [1.82, 2.24) is 4.90 Å². The van der Waals surface area contributed by atoms with Gasteiger partial charge >= 0.3 is 0 Å². The zero-order valence-corrected chi connectivity index (χ0v) is 12.5. The first-order chi connectivity index (χ1) is 9.97. The number of anilines is 1. The predicted molar refractivity (Wildman–Crippen MR) is 82.9 cm³/mol. The highest BCUT2D eigenvalue weighted by Crippen LogP contribution is 2.15. The minimum atomic E-state index is -0.228. The van der Waals surface area contributed by atoms with Crippen molar-refractivity contribution in [3.8, 4) is 0 Å². The first-order valence-electron chi connectivity index (χ1n) is 6.78. The summed E-state index contributed by atoms with van der Waals surface area (Å²) < 4.78 is 13.7. The summed E-state index contributed by atoms with van der Waals surface area (Å²) in [4.78, 5) is 13.4. The minimum Gasteiger partial charge on any atom is -0.381 e. The molecule has 0 heterocycles. The van der Waals surface area contributed by atoms with Crippen LogP contribution < -0.4 is 5.32 Å². The van der Waals surface area contributed by atoms with Gasteiger partial charge in [0.05, 0.1) is 0 Å². The molecule has 0 aliphatic heterocycles. The topological polar surface area (TPSA) is 32.3 Å². The van der Waals surface area contributed by atoms with Crippen molar-refractivity contribution in [1.29, 1.82) is 0 Å². The van der Waals surface area contributed by atoms with Crippen LogP contribution in [-0.4, -0.2) is 24.9 Å². The fourth-order valence-corrected chi connectivity index (χ4v) is 2.06. The summed E-state index contributed by atoms with van der Waals surface area (Å²) >= 11 is 0. The van der Waals surface area contributed by atoms with Crippen molar-refractivity contribution in [3.63, 3.8) is 0 Å². The number of aryl methyl sites for hydroxylation is 1. The van der Waals surface area contributed by atoms with E-state index in [2.05, 4.69) is 5.32 Å². The molecule has 2 aromatic carbocycles. The molecule has 2 aromatic rings. The lowest BCUT2D eigenvalue weighted by atomic mass is 10.1. The van der Waals surface area contributed by atoms with Crippen LogP contribution in [0.15, 0.2) is 42.5 Å². The molecule has 0 radical (unpaired) electrons. The smallest absolute Gasteiger partial charge is 0.253 e. The van der Waals surface area contributed by atoms with Crippen molar-refractivity contribution in [3.05, 3.63) is 65.0 Å². The summed E-state index contributed by atoms with van der Waals surface area (Å²) in [5.74, 6) is -0.283. The molecule has 0 spiro atoms. The van der Waals surface area contributed by atoms with Crippen LogP contribution in [0.4, 0.5) is 10.1 Å². The lowest BCUT2D eigenvalue weighted by Crippen LogP contribution is -2.21. The predicted octanol–water partition coefficient (Wildman–Crippen LogP) is 3.45. The number of halogens is 1. The van der Waals surface area contributed by atoms with Gasteiger partial charge in [0, 0.05) is 37.5 Å². The van der Waals surface area contributed by atoms with Gasteiger partial charge in [0.25, 0.3) is 5.91 Å². The second-order valence-electron chi connectivity index (χ2n) is 5.23. The highest BCUT2D eigenvalue weighted by atomic mass is 19.1. The number of hydrogen-bond acceptors (Lipinski definition) is 2. The number of hydrogen-bond donors (Lipinski definition) is 1. The zero-order valence-electron chi connectivity index (χ0n) is 12.5. The van der Waals surface area contributed by atoms with Gasteiger partial charge in [0.1, 0.15) is 5.82 Å². The fraction of sp³-hybridized carbons (Fsp3) is 0.235. The summed E-state index contributed by atoms with van der Waals surface area (Å²) in [5.41, 5.74) is 3.03. The summed E-state index contributed by atoms with van der Waals surface area (Å²) in [6.07, 6.45) is 0. The van der Waals surface area contributed by atoms with E-state index in [0.717, 1.165) is 11.3 Å². The van der Waals surface area contributed by atoms with Crippen LogP contribution in [0.1, 0.15) is 21.5 Å². The molecule has 0 saturated heterocycles. The van der Waals surface area contributed by atoms with Crippen LogP contribution in [0.25, 0.3) is 0 Å². The molecule has 0 saturated carbocycles. The van der Waals surface area contributed by atoms with E-state index in [1.165, 1.54) is 11.0 Å². The summed E-state index contributed by atoms with van der Waals surface area (Å²) in [7, 11) is 3.43. The van der Waals surface area contributed by atoms with E-state index in [-0.39, 0.29) is 11.7 Å². The molecule has 0 bridgehead atoms. The Labute approximate surface area is 124 Å².